The van der Waals surface area contributed by atoms with Crippen molar-refractivity contribution < 1.29 is 9.53 Å². The van der Waals surface area contributed by atoms with E-state index < -0.39 is 8.32 Å². The van der Waals surface area contributed by atoms with Crippen molar-refractivity contribution in [3.63, 3.8) is 0 Å². The summed E-state index contributed by atoms with van der Waals surface area (Å²) in [5, 5.41) is 10.8. The molecule has 0 spiro atoms. The molecule has 0 amide bonds. The van der Waals surface area contributed by atoms with Crippen LogP contribution in [0.4, 0.5) is 0 Å². The predicted octanol–water partition coefficient (Wildman–Crippen LogP) is 6.95. The van der Waals surface area contributed by atoms with E-state index in [9.17, 15) is 5.11 Å². The lowest BCUT2D eigenvalue weighted by atomic mass is 9.61. The molecule has 0 aromatic rings. The highest BCUT2D eigenvalue weighted by Gasteiger charge is 2.54. The summed E-state index contributed by atoms with van der Waals surface area (Å²) in [6.45, 7) is 17.9. The van der Waals surface area contributed by atoms with Gasteiger partial charge in [-0.25, -0.2) is 0 Å². The van der Waals surface area contributed by atoms with Crippen LogP contribution in [0, 0.1) is 23.2 Å². The minimum Gasteiger partial charge on any atom is -0.414 e. The van der Waals surface area contributed by atoms with Gasteiger partial charge in [-0.1, -0.05) is 46.6 Å². The van der Waals surface area contributed by atoms with Crippen LogP contribution in [0.3, 0.4) is 0 Å². The number of rotatable bonds is 10. The van der Waals surface area contributed by atoms with Gasteiger partial charge >= 0.3 is 0 Å². The Bertz CT molecular complexity index is 479. The summed E-state index contributed by atoms with van der Waals surface area (Å²) in [4.78, 5) is 0. The third-order valence-corrected chi connectivity index (χ3v) is 13.2. The van der Waals surface area contributed by atoms with E-state index in [2.05, 4.69) is 48.1 Å². The minimum absolute atomic E-state index is 0.195. The molecule has 27 heavy (non-hydrogen) atoms. The first-order valence-electron chi connectivity index (χ1n) is 11.7. The molecule has 2 aliphatic rings. The minimum atomic E-state index is -1.55. The van der Waals surface area contributed by atoms with E-state index in [0.29, 0.717) is 29.3 Å². The smallest absolute Gasteiger partial charge is 0.192 e. The van der Waals surface area contributed by atoms with Gasteiger partial charge in [-0.3, -0.25) is 0 Å². The van der Waals surface area contributed by atoms with Crippen LogP contribution in [0.15, 0.2) is 12.2 Å². The predicted molar refractivity (Wildman–Crippen MR) is 119 cm³/mol. The SMILES string of the molecule is C=C(C)CCC(O)[C@H](C)C1CCC2[C@@H](O[Si](CC)(CC)CC)CCC[C@]12C. The van der Waals surface area contributed by atoms with E-state index in [1.807, 2.05) is 0 Å². The molecule has 0 heterocycles. The van der Waals surface area contributed by atoms with Gasteiger partial charge in [-0.15, -0.1) is 6.58 Å². The molecule has 3 unspecified atom stereocenters. The van der Waals surface area contributed by atoms with E-state index in [4.69, 9.17) is 4.43 Å². The zero-order chi connectivity index (χ0) is 20.2. The fraction of sp³-hybridized carbons (Fsp3) is 0.917. The fourth-order valence-corrected chi connectivity index (χ4v) is 9.34. The van der Waals surface area contributed by atoms with Gasteiger partial charge in [0.15, 0.2) is 8.32 Å². The molecular weight excluding hydrogens is 348 g/mol. The van der Waals surface area contributed by atoms with E-state index in [1.165, 1.54) is 55.8 Å². The third-order valence-electron chi connectivity index (χ3n) is 8.58. The molecule has 2 nitrogen and oxygen atoms in total. The number of aliphatic hydroxyl groups excluding tert-OH is 1. The van der Waals surface area contributed by atoms with Gasteiger partial charge in [0.2, 0.25) is 0 Å². The summed E-state index contributed by atoms with van der Waals surface area (Å²) in [5.74, 6) is 1.71. The Labute approximate surface area is 170 Å². The lowest BCUT2D eigenvalue weighted by molar-refractivity contribution is -0.0394. The van der Waals surface area contributed by atoms with Crippen molar-refractivity contribution in [3.8, 4) is 0 Å². The first-order valence-corrected chi connectivity index (χ1v) is 14.3. The highest BCUT2D eigenvalue weighted by atomic mass is 28.4. The summed E-state index contributed by atoms with van der Waals surface area (Å²) in [6.07, 6.45) is 8.53. The van der Waals surface area contributed by atoms with E-state index >= 15 is 0 Å². The normalized spacial score (nSPS) is 33.5. The quantitative estimate of drug-likeness (QED) is 0.321. The second-order valence-corrected chi connectivity index (χ2v) is 14.7. The van der Waals surface area contributed by atoms with Crippen molar-refractivity contribution in [1.82, 2.24) is 0 Å². The standard InChI is InChI=1S/C24H46O2Si/c1-8-27(9-2,10-3)26-23-12-11-17-24(7)20(14-15-21(23)24)19(6)22(25)16-13-18(4)5/h19-23,25H,4,8-17H2,1-3,5-7H3/t19-,20?,21?,22?,23+,24-/m1/s1. The molecule has 3 heteroatoms. The van der Waals surface area contributed by atoms with Crippen molar-refractivity contribution >= 4 is 8.32 Å². The number of fused-ring (bicyclic) bond motifs is 1. The van der Waals surface area contributed by atoms with E-state index in [0.717, 1.165) is 12.8 Å². The van der Waals surface area contributed by atoms with Crippen LogP contribution in [-0.4, -0.2) is 25.6 Å². The summed E-state index contributed by atoms with van der Waals surface area (Å²) in [6, 6.07) is 3.75. The molecule has 1 N–H and O–H groups in total. The maximum Gasteiger partial charge on any atom is 0.192 e. The Kier molecular flexibility index (Phi) is 8.22. The van der Waals surface area contributed by atoms with Crippen LogP contribution in [-0.2, 0) is 4.43 Å². The zero-order valence-corrected chi connectivity index (χ0v) is 20.0. The van der Waals surface area contributed by atoms with Crippen molar-refractivity contribution in [2.24, 2.45) is 23.2 Å². The fourth-order valence-electron chi connectivity index (χ4n) is 6.41. The van der Waals surface area contributed by atoms with Crippen molar-refractivity contribution in [2.45, 2.75) is 117 Å². The van der Waals surface area contributed by atoms with Crippen molar-refractivity contribution in [2.75, 3.05) is 0 Å². The maximum absolute atomic E-state index is 10.8. The molecule has 0 aliphatic heterocycles. The molecule has 2 saturated carbocycles. The van der Waals surface area contributed by atoms with Crippen molar-refractivity contribution in [1.29, 1.82) is 0 Å². The molecular formula is C24H46O2Si. The van der Waals surface area contributed by atoms with Gasteiger partial charge in [0.1, 0.15) is 0 Å². The molecule has 158 valence electrons. The number of hydrogen-bond donors (Lipinski definition) is 1. The number of aliphatic hydroxyl groups is 1. The van der Waals surface area contributed by atoms with Gasteiger partial charge in [-0.05, 0) is 86.7 Å². The van der Waals surface area contributed by atoms with Crippen molar-refractivity contribution in [3.05, 3.63) is 12.2 Å². The highest BCUT2D eigenvalue weighted by molar-refractivity contribution is 6.73. The second-order valence-electron chi connectivity index (χ2n) is 10.0. The molecule has 0 aromatic heterocycles. The highest BCUT2D eigenvalue weighted by Crippen LogP contribution is 2.59. The zero-order valence-electron chi connectivity index (χ0n) is 19.0. The Hall–Kier alpha value is -0.123. The average molecular weight is 395 g/mol. The van der Waals surface area contributed by atoms with E-state index in [-0.39, 0.29) is 6.10 Å². The Morgan fingerprint density at radius 3 is 2.37 bits per heavy atom. The van der Waals surface area contributed by atoms with Gasteiger partial charge in [0, 0.05) is 6.10 Å². The van der Waals surface area contributed by atoms with Crippen LogP contribution in [0.5, 0.6) is 0 Å². The first-order chi connectivity index (χ1) is 12.7. The van der Waals surface area contributed by atoms with Gasteiger partial charge in [0.05, 0.1) is 6.10 Å². The number of hydrogen-bond acceptors (Lipinski definition) is 2. The molecule has 0 bridgehead atoms. The maximum atomic E-state index is 10.8. The Morgan fingerprint density at radius 2 is 1.81 bits per heavy atom. The van der Waals surface area contributed by atoms with E-state index in [1.54, 1.807) is 0 Å². The first kappa shape index (κ1) is 23.2. The summed E-state index contributed by atoms with van der Waals surface area (Å²) >= 11 is 0. The molecule has 6 atom stereocenters. The van der Waals surface area contributed by atoms with Gasteiger partial charge in [0.25, 0.3) is 0 Å². The average Bonchev–Trinajstić information content (AvgIpc) is 3.01. The van der Waals surface area contributed by atoms with Gasteiger partial charge < -0.3 is 9.53 Å². The molecule has 0 radical (unpaired) electrons. The molecule has 0 aromatic carbocycles. The lowest BCUT2D eigenvalue weighted by Gasteiger charge is -2.49. The largest absolute Gasteiger partial charge is 0.414 e. The van der Waals surface area contributed by atoms with Crippen LogP contribution in [0.2, 0.25) is 18.1 Å². The molecule has 0 saturated heterocycles. The molecule has 2 rings (SSSR count). The summed E-state index contributed by atoms with van der Waals surface area (Å²) in [5.41, 5.74) is 1.53. The topological polar surface area (TPSA) is 29.5 Å². The van der Waals surface area contributed by atoms with Crippen LogP contribution in [0.25, 0.3) is 0 Å². The number of allylic oxidation sites excluding steroid dienone is 1. The van der Waals surface area contributed by atoms with Crippen LogP contribution < -0.4 is 0 Å². The monoisotopic (exact) mass is 394 g/mol. The molecule has 2 aliphatic carbocycles. The lowest BCUT2D eigenvalue weighted by Crippen LogP contribution is -2.49. The molecule has 2 fully saturated rings. The summed E-state index contributed by atoms with van der Waals surface area (Å²) in [7, 11) is -1.55. The van der Waals surface area contributed by atoms with Crippen LogP contribution in [0.1, 0.15) is 86.5 Å². The summed E-state index contributed by atoms with van der Waals surface area (Å²) < 4.78 is 7.04. The van der Waals surface area contributed by atoms with Crippen LogP contribution >= 0.6 is 0 Å². The second kappa shape index (κ2) is 9.58. The third kappa shape index (κ3) is 4.90. The van der Waals surface area contributed by atoms with Gasteiger partial charge in [-0.2, -0.15) is 0 Å². The Balaban J connectivity index is 2.11. The Morgan fingerprint density at radius 1 is 1.19 bits per heavy atom.